The molecule has 0 bridgehead atoms. The second-order valence-corrected chi connectivity index (χ2v) is 5.10. The van der Waals surface area contributed by atoms with Gasteiger partial charge < -0.3 is 5.32 Å². The fourth-order valence-corrected chi connectivity index (χ4v) is 2.35. The number of rotatable bonds is 4. The second-order valence-electron chi connectivity index (χ2n) is 5.10. The smallest absolute Gasteiger partial charge is 0.302 e. The van der Waals surface area contributed by atoms with E-state index in [0.29, 0.717) is 18.5 Å². The average molecular weight is 273 g/mol. The SMILES string of the molecule is CCCNC(c1c(C)c(C)cc(C)c1C)C(F)(F)F. The van der Waals surface area contributed by atoms with Gasteiger partial charge in [-0.2, -0.15) is 13.2 Å². The molecule has 0 spiro atoms. The molecule has 0 aromatic heterocycles. The fraction of sp³-hybridized carbons (Fsp3) is 0.600. The van der Waals surface area contributed by atoms with Crippen molar-refractivity contribution in [3.63, 3.8) is 0 Å². The first-order valence-electron chi connectivity index (χ1n) is 6.57. The van der Waals surface area contributed by atoms with Crippen LogP contribution in [0.1, 0.15) is 47.2 Å². The van der Waals surface area contributed by atoms with Gasteiger partial charge in [-0.1, -0.05) is 13.0 Å². The number of nitrogens with one attached hydrogen (secondary N) is 1. The summed E-state index contributed by atoms with van der Waals surface area (Å²) in [6, 6.07) is 0.368. The molecule has 4 heteroatoms. The highest BCUT2D eigenvalue weighted by atomic mass is 19.4. The first-order chi connectivity index (χ1) is 8.70. The largest absolute Gasteiger partial charge is 0.407 e. The highest BCUT2D eigenvalue weighted by Gasteiger charge is 2.42. The van der Waals surface area contributed by atoms with Crippen LogP contribution in [0.2, 0.25) is 0 Å². The molecule has 0 saturated heterocycles. The Labute approximate surface area is 113 Å². The summed E-state index contributed by atoms with van der Waals surface area (Å²) in [5, 5.41) is 2.64. The van der Waals surface area contributed by atoms with E-state index in [1.807, 2.05) is 26.8 Å². The second kappa shape index (κ2) is 5.95. The van der Waals surface area contributed by atoms with Gasteiger partial charge in [0, 0.05) is 0 Å². The molecule has 0 fully saturated rings. The highest BCUT2D eigenvalue weighted by Crippen LogP contribution is 2.37. The van der Waals surface area contributed by atoms with E-state index in [1.54, 1.807) is 13.8 Å². The zero-order valence-corrected chi connectivity index (χ0v) is 12.2. The summed E-state index contributed by atoms with van der Waals surface area (Å²) in [5.74, 6) is 0. The Morgan fingerprint density at radius 2 is 1.53 bits per heavy atom. The predicted molar refractivity (Wildman–Crippen MR) is 72.5 cm³/mol. The molecule has 0 heterocycles. The molecule has 1 rings (SSSR count). The summed E-state index contributed by atoms with van der Waals surface area (Å²) in [5.41, 5.74) is 3.66. The van der Waals surface area contributed by atoms with Crippen LogP contribution in [0, 0.1) is 27.7 Å². The highest BCUT2D eigenvalue weighted by molar-refractivity contribution is 5.46. The third kappa shape index (κ3) is 3.50. The molecule has 0 aliphatic rings. The molecular weight excluding hydrogens is 251 g/mol. The van der Waals surface area contributed by atoms with E-state index in [1.165, 1.54) is 0 Å². The third-order valence-corrected chi connectivity index (χ3v) is 3.64. The van der Waals surface area contributed by atoms with Crippen LogP contribution in [0.25, 0.3) is 0 Å². The Hall–Kier alpha value is -1.03. The monoisotopic (exact) mass is 273 g/mol. The molecule has 0 saturated carbocycles. The Morgan fingerprint density at radius 1 is 1.05 bits per heavy atom. The van der Waals surface area contributed by atoms with Gasteiger partial charge in [-0.25, -0.2) is 0 Å². The first-order valence-corrected chi connectivity index (χ1v) is 6.57. The normalized spacial score (nSPS) is 13.7. The maximum absolute atomic E-state index is 13.3. The Bertz CT molecular complexity index is 423. The van der Waals surface area contributed by atoms with Gasteiger partial charge in [0.1, 0.15) is 6.04 Å². The maximum atomic E-state index is 13.3. The number of halogens is 3. The van der Waals surface area contributed by atoms with Gasteiger partial charge in [0.05, 0.1) is 0 Å². The van der Waals surface area contributed by atoms with Crippen molar-refractivity contribution < 1.29 is 13.2 Å². The molecule has 0 radical (unpaired) electrons. The van der Waals surface area contributed by atoms with Crippen LogP contribution in [-0.4, -0.2) is 12.7 Å². The number of aryl methyl sites for hydroxylation is 2. The van der Waals surface area contributed by atoms with E-state index in [2.05, 4.69) is 5.32 Å². The predicted octanol–water partition coefficient (Wildman–Crippen LogP) is 4.52. The third-order valence-electron chi connectivity index (χ3n) is 3.64. The van der Waals surface area contributed by atoms with Gasteiger partial charge in [0.25, 0.3) is 0 Å². The lowest BCUT2D eigenvalue weighted by Gasteiger charge is -2.27. The first kappa shape index (κ1) is 16.0. The van der Waals surface area contributed by atoms with E-state index in [0.717, 1.165) is 22.3 Å². The summed E-state index contributed by atoms with van der Waals surface area (Å²) in [6.45, 7) is 9.47. The summed E-state index contributed by atoms with van der Waals surface area (Å²) < 4.78 is 39.9. The molecular formula is C15H22F3N. The molecule has 1 aromatic carbocycles. The van der Waals surface area contributed by atoms with E-state index in [-0.39, 0.29) is 0 Å². The lowest BCUT2D eigenvalue weighted by atomic mass is 9.89. The molecule has 19 heavy (non-hydrogen) atoms. The Morgan fingerprint density at radius 3 is 1.89 bits per heavy atom. The van der Waals surface area contributed by atoms with Gasteiger partial charge in [0.2, 0.25) is 0 Å². The molecule has 1 unspecified atom stereocenters. The van der Waals surface area contributed by atoms with Crippen LogP contribution in [-0.2, 0) is 0 Å². The lowest BCUT2D eigenvalue weighted by Crippen LogP contribution is -2.36. The standard InChI is InChI=1S/C15H22F3N/c1-6-7-19-14(15(16,17)18)13-11(4)9(2)8-10(3)12(13)5/h8,14,19H,6-7H2,1-5H3. The van der Waals surface area contributed by atoms with Crippen molar-refractivity contribution in [3.8, 4) is 0 Å². The maximum Gasteiger partial charge on any atom is 0.407 e. The van der Waals surface area contributed by atoms with Crippen molar-refractivity contribution in [2.45, 2.75) is 53.3 Å². The zero-order chi connectivity index (χ0) is 14.8. The van der Waals surface area contributed by atoms with Crippen LogP contribution < -0.4 is 5.32 Å². The summed E-state index contributed by atoms with van der Waals surface area (Å²) in [4.78, 5) is 0. The van der Waals surface area contributed by atoms with Crippen molar-refractivity contribution in [1.29, 1.82) is 0 Å². The van der Waals surface area contributed by atoms with Crippen LogP contribution in [0.15, 0.2) is 6.07 Å². The summed E-state index contributed by atoms with van der Waals surface area (Å²) >= 11 is 0. The minimum atomic E-state index is -4.27. The van der Waals surface area contributed by atoms with E-state index >= 15 is 0 Å². The number of alkyl halides is 3. The number of hydrogen-bond acceptors (Lipinski definition) is 1. The van der Waals surface area contributed by atoms with E-state index in [4.69, 9.17) is 0 Å². The number of benzene rings is 1. The van der Waals surface area contributed by atoms with Crippen LogP contribution in [0.4, 0.5) is 13.2 Å². The van der Waals surface area contributed by atoms with Crippen molar-refractivity contribution in [2.75, 3.05) is 6.54 Å². The van der Waals surface area contributed by atoms with Gasteiger partial charge in [-0.05, 0) is 68.5 Å². The van der Waals surface area contributed by atoms with Crippen LogP contribution in [0.5, 0.6) is 0 Å². The molecule has 1 atom stereocenters. The van der Waals surface area contributed by atoms with Gasteiger partial charge in [-0.15, -0.1) is 0 Å². The van der Waals surface area contributed by atoms with Crippen molar-refractivity contribution in [3.05, 3.63) is 33.9 Å². The summed E-state index contributed by atoms with van der Waals surface area (Å²) in [7, 11) is 0. The van der Waals surface area contributed by atoms with E-state index in [9.17, 15) is 13.2 Å². The van der Waals surface area contributed by atoms with Crippen molar-refractivity contribution in [2.24, 2.45) is 0 Å². The van der Waals surface area contributed by atoms with Crippen molar-refractivity contribution in [1.82, 2.24) is 5.32 Å². The Kier molecular flexibility index (Phi) is 5.02. The average Bonchev–Trinajstić information content (AvgIpc) is 2.29. The fourth-order valence-electron chi connectivity index (χ4n) is 2.35. The molecule has 108 valence electrons. The number of hydrogen-bond donors (Lipinski definition) is 1. The van der Waals surface area contributed by atoms with Gasteiger partial charge >= 0.3 is 6.18 Å². The van der Waals surface area contributed by atoms with Crippen LogP contribution in [0.3, 0.4) is 0 Å². The molecule has 1 nitrogen and oxygen atoms in total. The zero-order valence-electron chi connectivity index (χ0n) is 12.2. The minimum Gasteiger partial charge on any atom is -0.302 e. The van der Waals surface area contributed by atoms with Crippen LogP contribution >= 0.6 is 0 Å². The van der Waals surface area contributed by atoms with E-state index < -0.39 is 12.2 Å². The van der Waals surface area contributed by atoms with Crippen molar-refractivity contribution >= 4 is 0 Å². The minimum absolute atomic E-state index is 0.357. The van der Waals surface area contributed by atoms with Gasteiger partial charge in [-0.3, -0.25) is 0 Å². The Balaban J connectivity index is 3.37. The molecule has 1 N–H and O–H groups in total. The topological polar surface area (TPSA) is 12.0 Å². The molecule has 1 aromatic rings. The quantitative estimate of drug-likeness (QED) is 0.850. The summed E-state index contributed by atoms with van der Waals surface area (Å²) in [6.07, 6.45) is -3.60. The molecule has 0 aliphatic carbocycles. The van der Waals surface area contributed by atoms with Gasteiger partial charge in [0.15, 0.2) is 0 Å². The molecule has 0 aliphatic heterocycles. The molecule has 0 amide bonds. The lowest BCUT2D eigenvalue weighted by molar-refractivity contribution is -0.157.